The Hall–Kier alpha value is -3.13. The quantitative estimate of drug-likeness (QED) is 0.552. The molecule has 1 heterocycles. The van der Waals surface area contributed by atoms with Gasteiger partial charge >= 0.3 is 0 Å². The molecule has 0 atom stereocenters. The summed E-state index contributed by atoms with van der Waals surface area (Å²) >= 11 is 1.28. The van der Waals surface area contributed by atoms with E-state index in [9.17, 15) is 9.59 Å². The topological polar surface area (TPSA) is 88.9 Å². The standard InChI is InChI=1S/C23H27N5O2S/c1-14-10-16(3)21(17(4)11-14)25-19(29)12-24-20(30)13-31-23-27-26-22(28(23)5)18-9-7-6-8-15(18)2/h6-11H,12-13H2,1-5H3,(H,24,30)(H,25,29). The molecule has 0 bridgehead atoms. The lowest BCUT2D eigenvalue weighted by molar-refractivity contribution is -0.122. The van der Waals surface area contributed by atoms with Gasteiger partial charge in [-0.3, -0.25) is 9.59 Å². The molecule has 2 aromatic carbocycles. The highest BCUT2D eigenvalue weighted by Gasteiger charge is 2.15. The van der Waals surface area contributed by atoms with Gasteiger partial charge in [0, 0.05) is 18.3 Å². The largest absolute Gasteiger partial charge is 0.346 e. The number of hydrogen-bond donors (Lipinski definition) is 2. The zero-order valence-corrected chi connectivity index (χ0v) is 19.3. The maximum Gasteiger partial charge on any atom is 0.243 e. The van der Waals surface area contributed by atoms with E-state index >= 15 is 0 Å². The molecule has 0 radical (unpaired) electrons. The number of aromatic nitrogens is 3. The monoisotopic (exact) mass is 437 g/mol. The first-order valence-corrected chi connectivity index (χ1v) is 11.0. The lowest BCUT2D eigenvalue weighted by atomic mass is 10.1. The molecule has 0 aliphatic carbocycles. The third-order valence-electron chi connectivity index (χ3n) is 4.94. The van der Waals surface area contributed by atoms with Crippen LogP contribution in [0.25, 0.3) is 11.4 Å². The van der Waals surface area contributed by atoms with Crippen molar-refractivity contribution in [1.29, 1.82) is 0 Å². The molecular formula is C23H27N5O2S. The van der Waals surface area contributed by atoms with Crippen molar-refractivity contribution in [3.8, 4) is 11.4 Å². The minimum atomic E-state index is -0.256. The Morgan fingerprint density at radius 3 is 2.32 bits per heavy atom. The maximum absolute atomic E-state index is 12.3. The van der Waals surface area contributed by atoms with E-state index < -0.39 is 0 Å². The number of rotatable bonds is 7. The summed E-state index contributed by atoms with van der Waals surface area (Å²) < 4.78 is 1.87. The van der Waals surface area contributed by atoms with Crippen molar-refractivity contribution in [2.24, 2.45) is 7.05 Å². The second-order valence-electron chi connectivity index (χ2n) is 7.57. The molecule has 0 aliphatic heterocycles. The smallest absolute Gasteiger partial charge is 0.243 e. The van der Waals surface area contributed by atoms with Crippen LogP contribution in [0, 0.1) is 27.7 Å². The second kappa shape index (κ2) is 9.78. The van der Waals surface area contributed by atoms with Gasteiger partial charge in [0.2, 0.25) is 11.8 Å². The average Bonchev–Trinajstić information content (AvgIpc) is 3.08. The third kappa shape index (κ3) is 5.52. The Labute approximate surface area is 186 Å². The van der Waals surface area contributed by atoms with Gasteiger partial charge in [-0.1, -0.05) is 53.7 Å². The van der Waals surface area contributed by atoms with Crippen molar-refractivity contribution in [1.82, 2.24) is 20.1 Å². The SMILES string of the molecule is Cc1cc(C)c(NC(=O)CNC(=O)CSc2nnc(-c3ccccc3C)n2C)c(C)c1. The zero-order valence-electron chi connectivity index (χ0n) is 18.4. The average molecular weight is 438 g/mol. The van der Waals surface area contributed by atoms with Crippen LogP contribution in [0.15, 0.2) is 41.6 Å². The van der Waals surface area contributed by atoms with E-state index in [1.807, 2.05) is 75.7 Å². The molecule has 7 nitrogen and oxygen atoms in total. The minimum absolute atomic E-state index is 0.0839. The molecule has 0 saturated heterocycles. The van der Waals surface area contributed by atoms with E-state index in [4.69, 9.17) is 0 Å². The number of amides is 2. The molecule has 0 unspecified atom stereocenters. The summed E-state index contributed by atoms with van der Waals surface area (Å²) in [6.45, 7) is 7.87. The van der Waals surface area contributed by atoms with Crippen molar-refractivity contribution in [2.45, 2.75) is 32.9 Å². The number of nitrogens with one attached hydrogen (secondary N) is 2. The molecule has 31 heavy (non-hydrogen) atoms. The molecule has 0 aliphatic rings. The van der Waals surface area contributed by atoms with Gasteiger partial charge in [-0.15, -0.1) is 10.2 Å². The number of carbonyl (C=O) groups excluding carboxylic acids is 2. The van der Waals surface area contributed by atoms with Gasteiger partial charge in [-0.05, 0) is 44.4 Å². The Morgan fingerprint density at radius 1 is 0.968 bits per heavy atom. The highest BCUT2D eigenvalue weighted by molar-refractivity contribution is 7.99. The molecule has 162 valence electrons. The number of benzene rings is 2. The first-order valence-electron chi connectivity index (χ1n) is 9.99. The van der Waals surface area contributed by atoms with Crippen LogP contribution in [0.5, 0.6) is 0 Å². The van der Waals surface area contributed by atoms with E-state index in [1.54, 1.807) is 0 Å². The summed E-state index contributed by atoms with van der Waals surface area (Å²) in [6.07, 6.45) is 0. The summed E-state index contributed by atoms with van der Waals surface area (Å²) in [4.78, 5) is 24.5. The predicted molar refractivity (Wildman–Crippen MR) is 124 cm³/mol. The van der Waals surface area contributed by atoms with Crippen molar-refractivity contribution >= 4 is 29.3 Å². The van der Waals surface area contributed by atoms with Crippen LogP contribution >= 0.6 is 11.8 Å². The van der Waals surface area contributed by atoms with Crippen LogP contribution in [0.2, 0.25) is 0 Å². The number of anilines is 1. The summed E-state index contributed by atoms with van der Waals surface area (Å²) in [5.74, 6) is 0.409. The fourth-order valence-corrected chi connectivity index (χ4v) is 4.16. The molecule has 1 aromatic heterocycles. The van der Waals surface area contributed by atoms with E-state index in [-0.39, 0.29) is 24.1 Å². The van der Waals surface area contributed by atoms with Crippen molar-refractivity contribution in [2.75, 3.05) is 17.6 Å². The van der Waals surface area contributed by atoms with Crippen molar-refractivity contribution < 1.29 is 9.59 Å². The van der Waals surface area contributed by atoms with Crippen LogP contribution in [0.3, 0.4) is 0 Å². The number of hydrogen-bond acceptors (Lipinski definition) is 5. The van der Waals surface area contributed by atoms with Gasteiger partial charge < -0.3 is 15.2 Å². The first kappa shape index (κ1) is 22.6. The summed E-state index contributed by atoms with van der Waals surface area (Å²) in [5, 5.41) is 14.7. The van der Waals surface area contributed by atoms with Gasteiger partial charge in [0.25, 0.3) is 0 Å². The Bertz CT molecular complexity index is 1100. The Kier molecular flexibility index (Phi) is 7.12. The van der Waals surface area contributed by atoms with Gasteiger partial charge in [0.05, 0.1) is 12.3 Å². The summed E-state index contributed by atoms with van der Waals surface area (Å²) in [6, 6.07) is 12.0. The van der Waals surface area contributed by atoms with Gasteiger partial charge in [0.1, 0.15) is 0 Å². The molecular weight excluding hydrogens is 410 g/mol. The van der Waals surface area contributed by atoms with Gasteiger partial charge in [0.15, 0.2) is 11.0 Å². The molecule has 0 fully saturated rings. The number of thioether (sulfide) groups is 1. The summed E-state index contributed by atoms with van der Waals surface area (Å²) in [7, 11) is 1.88. The van der Waals surface area contributed by atoms with Crippen LogP contribution in [-0.4, -0.2) is 38.9 Å². The van der Waals surface area contributed by atoms with Crippen molar-refractivity contribution in [3.05, 3.63) is 58.7 Å². The minimum Gasteiger partial charge on any atom is -0.346 e. The molecule has 3 rings (SSSR count). The fourth-order valence-electron chi connectivity index (χ4n) is 3.42. The van der Waals surface area contributed by atoms with Gasteiger partial charge in [-0.25, -0.2) is 0 Å². The molecule has 8 heteroatoms. The molecule has 2 N–H and O–H groups in total. The lowest BCUT2D eigenvalue weighted by Gasteiger charge is -2.13. The summed E-state index contributed by atoms with van der Waals surface area (Å²) in [5.41, 5.74) is 6.05. The van der Waals surface area contributed by atoms with E-state index in [2.05, 4.69) is 20.8 Å². The lowest BCUT2D eigenvalue weighted by Crippen LogP contribution is -2.34. The number of nitrogens with zero attached hydrogens (tertiary/aromatic N) is 3. The third-order valence-corrected chi connectivity index (χ3v) is 5.96. The first-order chi connectivity index (χ1) is 14.8. The van der Waals surface area contributed by atoms with E-state index in [1.165, 1.54) is 11.8 Å². The maximum atomic E-state index is 12.3. The highest BCUT2D eigenvalue weighted by Crippen LogP contribution is 2.25. The highest BCUT2D eigenvalue weighted by atomic mass is 32.2. The zero-order chi connectivity index (χ0) is 22.5. The molecule has 0 saturated carbocycles. The molecule has 2 amide bonds. The van der Waals surface area contributed by atoms with Crippen LogP contribution in [0.4, 0.5) is 5.69 Å². The molecule has 3 aromatic rings. The van der Waals surface area contributed by atoms with E-state index in [0.717, 1.165) is 39.3 Å². The van der Waals surface area contributed by atoms with Gasteiger partial charge in [-0.2, -0.15) is 0 Å². The number of aryl methyl sites for hydroxylation is 4. The second-order valence-corrected chi connectivity index (χ2v) is 8.51. The predicted octanol–water partition coefficient (Wildman–Crippen LogP) is 3.56. The number of carbonyl (C=O) groups is 2. The van der Waals surface area contributed by atoms with Crippen LogP contribution < -0.4 is 10.6 Å². The normalized spacial score (nSPS) is 10.7. The Balaban J connectivity index is 1.52. The van der Waals surface area contributed by atoms with Crippen LogP contribution in [0.1, 0.15) is 22.3 Å². The van der Waals surface area contributed by atoms with Crippen molar-refractivity contribution in [3.63, 3.8) is 0 Å². The fraction of sp³-hybridized carbons (Fsp3) is 0.304. The molecule has 0 spiro atoms. The Morgan fingerprint density at radius 2 is 1.65 bits per heavy atom. The van der Waals surface area contributed by atoms with Crippen LogP contribution in [-0.2, 0) is 16.6 Å². The van der Waals surface area contributed by atoms with E-state index in [0.29, 0.717) is 5.16 Å².